The first-order valence-electron chi connectivity index (χ1n) is 6.63. The Hall–Kier alpha value is -2.08. The van der Waals surface area contributed by atoms with Crippen LogP contribution in [0.5, 0.6) is 5.75 Å². The molecule has 1 heterocycles. The normalized spacial score (nSPS) is 11.4. The number of rotatable bonds is 5. The Balaban J connectivity index is 1.78. The fourth-order valence-corrected chi connectivity index (χ4v) is 2.53. The van der Waals surface area contributed by atoms with Gasteiger partial charge in [-0.3, -0.25) is 4.99 Å². The van der Waals surface area contributed by atoms with Crippen molar-refractivity contribution in [2.45, 2.75) is 13.0 Å². The molecule has 0 aliphatic heterocycles. The first kappa shape index (κ1) is 15.3. The van der Waals surface area contributed by atoms with Crippen LogP contribution in [0.15, 0.2) is 40.7 Å². The van der Waals surface area contributed by atoms with E-state index in [1.54, 1.807) is 24.5 Å². The molecule has 2 rings (SSSR count). The van der Waals surface area contributed by atoms with Crippen molar-refractivity contribution < 1.29 is 9.50 Å². The monoisotopic (exact) mass is 307 g/mol. The molecule has 0 unspecified atom stereocenters. The number of aliphatic imine (C=N–C) groups is 1. The molecule has 2 aromatic rings. The molecule has 1 aromatic carbocycles. The summed E-state index contributed by atoms with van der Waals surface area (Å²) in [7, 11) is 1.69. The van der Waals surface area contributed by atoms with Crippen molar-refractivity contribution in [2.75, 3.05) is 13.6 Å². The van der Waals surface area contributed by atoms with Gasteiger partial charge in [0.1, 0.15) is 0 Å². The maximum Gasteiger partial charge on any atom is 0.191 e. The molecule has 0 aliphatic rings. The molecule has 0 fully saturated rings. The highest BCUT2D eigenvalue weighted by atomic mass is 32.1. The van der Waals surface area contributed by atoms with Gasteiger partial charge >= 0.3 is 0 Å². The van der Waals surface area contributed by atoms with Crippen molar-refractivity contribution in [3.05, 3.63) is 52.0 Å². The van der Waals surface area contributed by atoms with Crippen LogP contribution in [0, 0.1) is 5.82 Å². The topological polar surface area (TPSA) is 56.7 Å². The second-order valence-corrected chi connectivity index (χ2v) is 5.50. The van der Waals surface area contributed by atoms with E-state index in [0.717, 1.165) is 18.5 Å². The summed E-state index contributed by atoms with van der Waals surface area (Å²) in [6.07, 6.45) is 0.937. The average molecular weight is 307 g/mol. The summed E-state index contributed by atoms with van der Waals surface area (Å²) < 4.78 is 13.2. The lowest BCUT2D eigenvalue weighted by atomic mass is 10.2. The zero-order chi connectivity index (χ0) is 15.1. The van der Waals surface area contributed by atoms with Gasteiger partial charge in [-0.05, 0) is 35.6 Å². The highest BCUT2D eigenvalue weighted by molar-refractivity contribution is 7.09. The highest BCUT2D eigenvalue weighted by Gasteiger charge is 2.03. The first-order chi connectivity index (χ1) is 10.2. The molecule has 0 atom stereocenters. The highest BCUT2D eigenvalue weighted by Crippen LogP contribution is 2.15. The summed E-state index contributed by atoms with van der Waals surface area (Å²) in [4.78, 5) is 5.43. The maximum atomic E-state index is 13.2. The van der Waals surface area contributed by atoms with Gasteiger partial charge < -0.3 is 15.7 Å². The van der Waals surface area contributed by atoms with E-state index in [0.29, 0.717) is 12.5 Å². The van der Waals surface area contributed by atoms with Crippen molar-refractivity contribution in [3.8, 4) is 5.75 Å². The summed E-state index contributed by atoms with van der Waals surface area (Å²) >= 11 is 1.73. The van der Waals surface area contributed by atoms with Crippen LogP contribution in [0.3, 0.4) is 0 Å². The van der Waals surface area contributed by atoms with Crippen molar-refractivity contribution in [1.29, 1.82) is 0 Å². The SMILES string of the molecule is CN=C(NCCc1cccs1)NCc1ccc(O)c(F)c1. The first-order valence-corrected chi connectivity index (χ1v) is 7.51. The van der Waals surface area contributed by atoms with E-state index < -0.39 is 5.82 Å². The molecule has 3 N–H and O–H groups in total. The lowest BCUT2D eigenvalue weighted by Crippen LogP contribution is -2.37. The largest absolute Gasteiger partial charge is 0.505 e. The second-order valence-electron chi connectivity index (χ2n) is 4.47. The van der Waals surface area contributed by atoms with Crippen LogP contribution in [0.25, 0.3) is 0 Å². The standard InChI is InChI=1S/C15H18FN3OS/c1-17-15(18-7-6-12-3-2-8-21-12)19-10-11-4-5-14(20)13(16)9-11/h2-5,8-9,20H,6-7,10H2,1H3,(H2,17,18,19). The molecule has 0 spiro atoms. The predicted octanol–water partition coefficient (Wildman–Crippen LogP) is 2.50. The van der Waals surface area contributed by atoms with Gasteiger partial charge in [-0.2, -0.15) is 0 Å². The Kier molecular flexibility index (Phi) is 5.57. The molecule has 0 saturated carbocycles. The van der Waals surface area contributed by atoms with Gasteiger partial charge in [0.2, 0.25) is 0 Å². The number of nitrogens with one attached hydrogen (secondary N) is 2. The Labute approximate surface area is 127 Å². The third kappa shape index (κ3) is 4.75. The molecule has 4 nitrogen and oxygen atoms in total. The number of benzene rings is 1. The summed E-state index contributed by atoms with van der Waals surface area (Å²) in [5, 5.41) is 17.5. The summed E-state index contributed by atoms with van der Waals surface area (Å²) in [6, 6.07) is 8.46. The molecule has 0 aliphatic carbocycles. The number of hydrogen-bond donors (Lipinski definition) is 3. The minimum Gasteiger partial charge on any atom is -0.505 e. The van der Waals surface area contributed by atoms with Gasteiger partial charge in [0.25, 0.3) is 0 Å². The minimum absolute atomic E-state index is 0.336. The molecular formula is C15H18FN3OS. The molecule has 0 bridgehead atoms. The van der Waals surface area contributed by atoms with E-state index in [1.165, 1.54) is 17.0 Å². The van der Waals surface area contributed by atoms with Crippen LogP contribution in [0.4, 0.5) is 4.39 Å². The molecular weight excluding hydrogens is 289 g/mol. The van der Waals surface area contributed by atoms with Crippen LogP contribution < -0.4 is 10.6 Å². The third-order valence-electron chi connectivity index (χ3n) is 2.94. The number of nitrogens with zero attached hydrogens (tertiary/aromatic N) is 1. The van der Waals surface area contributed by atoms with Crippen molar-refractivity contribution in [3.63, 3.8) is 0 Å². The number of hydrogen-bond acceptors (Lipinski definition) is 3. The van der Waals surface area contributed by atoms with Gasteiger partial charge in [0.05, 0.1) is 0 Å². The van der Waals surface area contributed by atoms with E-state index >= 15 is 0 Å². The molecule has 0 amide bonds. The Morgan fingerprint density at radius 3 is 2.86 bits per heavy atom. The number of aromatic hydroxyl groups is 1. The lowest BCUT2D eigenvalue weighted by molar-refractivity contribution is 0.431. The number of halogens is 1. The van der Waals surface area contributed by atoms with Crippen LogP contribution in [0.2, 0.25) is 0 Å². The second kappa shape index (κ2) is 7.64. The van der Waals surface area contributed by atoms with E-state index in [9.17, 15) is 4.39 Å². The third-order valence-corrected chi connectivity index (χ3v) is 3.88. The molecule has 1 aromatic heterocycles. The molecule has 21 heavy (non-hydrogen) atoms. The van der Waals surface area contributed by atoms with Gasteiger partial charge in [0, 0.05) is 25.0 Å². The number of guanidine groups is 1. The van der Waals surface area contributed by atoms with Crippen molar-refractivity contribution in [2.24, 2.45) is 4.99 Å². The average Bonchev–Trinajstić information content (AvgIpc) is 2.99. The molecule has 6 heteroatoms. The molecule has 0 radical (unpaired) electrons. The minimum atomic E-state index is -0.616. The molecule has 0 saturated heterocycles. The van der Waals surface area contributed by atoms with Crippen LogP contribution in [-0.2, 0) is 13.0 Å². The van der Waals surface area contributed by atoms with Crippen LogP contribution >= 0.6 is 11.3 Å². The Morgan fingerprint density at radius 2 is 2.19 bits per heavy atom. The van der Waals surface area contributed by atoms with Crippen LogP contribution in [0.1, 0.15) is 10.4 Å². The number of phenolic OH excluding ortho intramolecular Hbond substituents is 1. The van der Waals surface area contributed by atoms with Crippen molar-refractivity contribution in [1.82, 2.24) is 10.6 Å². The van der Waals surface area contributed by atoms with E-state index in [4.69, 9.17) is 5.11 Å². The zero-order valence-electron chi connectivity index (χ0n) is 11.8. The van der Waals surface area contributed by atoms with Gasteiger partial charge in [0.15, 0.2) is 17.5 Å². The van der Waals surface area contributed by atoms with Crippen molar-refractivity contribution >= 4 is 17.3 Å². The fraction of sp³-hybridized carbons (Fsp3) is 0.267. The van der Waals surface area contributed by atoms with E-state index in [-0.39, 0.29) is 5.75 Å². The van der Waals surface area contributed by atoms with Gasteiger partial charge in [-0.1, -0.05) is 12.1 Å². The fourth-order valence-electron chi connectivity index (χ4n) is 1.83. The van der Waals surface area contributed by atoms with Gasteiger partial charge in [-0.15, -0.1) is 11.3 Å². The summed E-state index contributed by atoms with van der Waals surface area (Å²) in [5.74, 6) is -0.285. The zero-order valence-corrected chi connectivity index (χ0v) is 12.6. The Morgan fingerprint density at radius 1 is 1.33 bits per heavy atom. The quantitative estimate of drug-likeness (QED) is 0.587. The predicted molar refractivity (Wildman–Crippen MR) is 84.3 cm³/mol. The summed E-state index contributed by atoms with van der Waals surface area (Å²) in [6.45, 7) is 1.22. The van der Waals surface area contributed by atoms with Crippen LogP contribution in [-0.4, -0.2) is 24.7 Å². The summed E-state index contributed by atoms with van der Waals surface area (Å²) in [5.41, 5.74) is 0.742. The van der Waals surface area contributed by atoms with Gasteiger partial charge in [-0.25, -0.2) is 4.39 Å². The molecule has 112 valence electrons. The van der Waals surface area contributed by atoms with E-state index in [2.05, 4.69) is 27.1 Å². The Bertz CT molecular complexity index is 599. The maximum absolute atomic E-state index is 13.2. The number of phenols is 1. The lowest BCUT2D eigenvalue weighted by Gasteiger charge is -2.11. The smallest absolute Gasteiger partial charge is 0.191 e. The number of thiophene rings is 1. The van der Waals surface area contributed by atoms with E-state index in [1.807, 2.05) is 6.07 Å².